The van der Waals surface area contributed by atoms with Gasteiger partial charge in [-0.3, -0.25) is 14.4 Å². The van der Waals surface area contributed by atoms with E-state index >= 15 is 0 Å². The van der Waals surface area contributed by atoms with Crippen LogP contribution in [0.1, 0.15) is 45.2 Å². The first-order chi connectivity index (χ1) is 12.3. The monoisotopic (exact) mass is 373 g/mol. The van der Waals surface area contributed by atoms with Gasteiger partial charge in [0.2, 0.25) is 10.0 Å². The van der Waals surface area contributed by atoms with Gasteiger partial charge in [-0.15, -0.1) is 0 Å². The smallest absolute Gasteiger partial charge is 0.321 e. The van der Waals surface area contributed by atoms with E-state index in [1.807, 2.05) is 0 Å². The van der Waals surface area contributed by atoms with E-state index in [1.54, 1.807) is 18.2 Å². The Kier molecular flexibility index (Phi) is 4.47. The van der Waals surface area contributed by atoms with Gasteiger partial charge in [-0.25, -0.2) is 8.42 Å². The van der Waals surface area contributed by atoms with Crippen LogP contribution in [0, 0.1) is 0 Å². The van der Waals surface area contributed by atoms with Crippen molar-refractivity contribution >= 4 is 27.6 Å². The average Bonchev–Trinajstić information content (AvgIpc) is 2.63. The van der Waals surface area contributed by atoms with E-state index in [-0.39, 0.29) is 39.4 Å². The fourth-order valence-electron chi connectivity index (χ4n) is 2.81. The minimum atomic E-state index is -4.16. The van der Waals surface area contributed by atoms with Gasteiger partial charge in [-0.1, -0.05) is 31.2 Å². The van der Waals surface area contributed by atoms with E-state index in [0.29, 0.717) is 0 Å². The fraction of sp³-hybridized carbons (Fsp3) is 0.167. The number of sulfonamides is 1. The quantitative estimate of drug-likeness (QED) is 0.701. The Morgan fingerprint density at radius 2 is 1.54 bits per heavy atom. The lowest BCUT2D eigenvalue weighted by Gasteiger charge is -2.19. The summed E-state index contributed by atoms with van der Waals surface area (Å²) in [4.78, 5) is 36.0. The molecule has 8 heteroatoms. The van der Waals surface area contributed by atoms with E-state index < -0.39 is 27.8 Å². The number of carbonyl (C=O) groups excluding carboxylic acids is 2. The Hall–Kier alpha value is -2.84. The Bertz CT molecular complexity index is 1040. The second-order valence-corrected chi connectivity index (χ2v) is 7.55. The Morgan fingerprint density at radius 3 is 2.08 bits per heavy atom. The largest absolute Gasteiger partial charge is 0.480 e. The highest BCUT2D eigenvalue weighted by atomic mass is 32.2. The molecule has 1 aliphatic carbocycles. The minimum absolute atomic E-state index is 0.0139. The third-order valence-electron chi connectivity index (χ3n) is 4.21. The Balaban J connectivity index is 2.06. The SMILES string of the molecule is CCC(NS(=O)(=O)c1ccc2c(c1)C(=O)c1ccccc1C2=O)C(=O)O. The highest BCUT2D eigenvalue weighted by molar-refractivity contribution is 7.89. The summed E-state index contributed by atoms with van der Waals surface area (Å²) in [7, 11) is -4.16. The zero-order valence-electron chi connectivity index (χ0n) is 13.7. The zero-order chi connectivity index (χ0) is 19.1. The lowest BCUT2D eigenvalue weighted by Crippen LogP contribution is -2.40. The van der Waals surface area contributed by atoms with Crippen LogP contribution in [0.4, 0.5) is 0 Å². The number of aliphatic carboxylic acids is 1. The molecule has 2 aromatic carbocycles. The third kappa shape index (κ3) is 2.93. The van der Waals surface area contributed by atoms with E-state index in [4.69, 9.17) is 5.11 Å². The van der Waals surface area contributed by atoms with Crippen LogP contribution >= 0.6 is 0 Å². The fourth-order valence-corrected chi connectivity index (χ4v) is 4.11. The number of hydrogen-bond donors (Lipinski definition) is 2. The highest BCUT2D eigenvalue weighted by Crippen LogP contribution is 2.29. The summed E-state index contributed by atoms with van der Waals surface area (Å²) in [6.07, 6.45) is 0.0598. The Morgan fingerprint density at radius 1 is 1.00 bits per heavy atom. The molecule has 1 aliphatic rings. The van der Waals surface area contributed by atoms with E-state index in [1.165, 1.54) is 25.1 Å². The molecule has 0 saturated heterocycles. The molecule has 0 bridgehead atoms. The van der Waals surface area contributed by atoms with Crippen molar-refractivity contribution < 1.29 is 27.9 Å². The number of rotatable bonds is 5. The molecule has 1 atom stereocenters. The summed E-state index contributed by atoms with van der Waals surface area (Å²) in [5, 5.41) is 9.04. The second kappa shape index (κ2) is 6.47. The van der Waals surface area contributed by atoms with Crippen LogP contribution in [0.2, 0.25) is 0 Å². The zero-order valence-corrected chi connectivity index (χ0v) is 14.5. The summed E-state index contributed by atoms with van der Waals surface area (Å²) in [5.41, 5.74) is 0.595. The number of carbonyl (C=O) groups is 3. The van der Waals surface area contributed by atoms with Crippen LogP contribution in [-0.4, -0.2) is 37.1 Å². The second-order valence-electron chi connectivity index (χ2n) is 5.83. The van der Waals surface area contributed by atoms with E-state index in [9.17, 15) is 22.8 Å². The summed E-state index contributed by atoms with van der Waals surface area (Å²) in [5.74, 6) is -2.10. The minimum Gasteiger partial charge on any atom is -0.480 e. The molecule has 0 heterocycles. The molecular weight excluding hydrogens is 358 g/mol. The topological polar surface area (TPSA) is 118 Å². The van der Waals surface area contributed by atoms with Crippen LogP contribution in [0.15, 0.2) is 47.4 Å². The molecule has 0 fully saturated rings. The molecule has 7 nitrogen and oxygen atoms in total. The molecule has 0 saturated carbocycles. The Labute approximate surface area is 149 Å². The van der Waals surface area contributed by atoms with E-state index in [2.05, 4.69) is 4.72 Å². The van der Waals surface area contributed by atoms with Gasteiger partial charge in [-0.2, -0.15) is 4.72 Å². The van der Waals surface area contributed by atoms with Crippen molar-refractivity contribution in [1.82, 2.24) is 4.72 Å². The van der Waals surface area contributed by atoms with Crippen LogP contribution in [0.25, 0.3) is 0 Å². The van der Waals surface area contributed by atoms with Crippen LogP contribution in [-0.2, 0) is 14.8 Å². The molecule has 0 aliphatic heterocycles. The molecule has 0 amide bonds. The van der Waals surface area contributed by atoms with E-state index in [0.717, 1.165) is 6.07 Å². The first-order valence-corrected chi connectivity index (χ1v) is 9.32. The number of benzene rings is 2. The number of carboxylic acid groups (broad SMARTS) is 1. The molecule has 134 valence electrons. The standard InChI is InChI=1S/C18H15NO6S/c1-2-15(18(22)23)19-26(24,25)10-7-8-13-14(9-10)17(21)12-6-4-3-5-11(12)16(13)20/h3-9,15,19H,2H2,1H3,(H,22,23). The van der Waals surface area contributed by atoms with Gasteiger partial charge >= 0.3 is 5.97 Å². The first-order valence-electron chi connectivity index (χ1n) is 7.84. The molecule has 2 aromatic rings. The summed E-state index contributed by atoms with van der Waals surface area (Å²) in [6, 6.07) is 8.62. The maximum Gasteiger partial charge on any atom is 0.321 e. The van der Waals surface area contributed by atoms with Gasteiger partial charge in [0.25, 0.3) is 0 Å². The first kappa shape index (κ1) is 18.0. The lowest BCUT2D eigenvalue weighted by molar-refractivity contribution is -0.139. The summed E-state index contributed by atoms with van der Waals surface area (Å²) >= 11 is 0. The maximum atomic E-state index is 12.7. The number of fused-ring (bicyclic) bond motifs is 2. The maximum absolute atomic E-state index is 12.7. The molecule has 2 N–H and O–H groups in total. The van der Waals surface area contributed by atoms with Gasteiger partial charge in [0.15, 0.2) is 11.6 Å². The molecule has 0 spiro atoms. The van der Waals surface area contributed by atoms with Crippen molar-refractivity contribution in [3.8, 4) is 0 Å². The predicted octanol–water partition coefficient (Wildman–Crippen LogP) is 1.60. The molecule has 0 radical (unpaired) electrons. The lowest BCUT2D eigenvalue weighted by atomic mass is 9.84. The van der Waals surface area contributed by atoms with Crippen molar-refractivity contribution in [2.75, 3.05) is 0 Å². The van der Waals surface area contributed by atoms with Crippen molar-refractivity contribution in [2.45, 2.75) is 24.3 Å². The van der Waals surface area contributed by atoms with Crippen LogP contribution < -0.4 is 4.72 Å². The van der Waals surface area contributed by atoms with Crippen molar-refractivity contribution in [2.24, 2.45) is 0 Å². The molecular formula is C18H15NO6S. The van der Waals surface area contributed by atoms with Crippen LogP contribution in [0.3, 0.4) is 0 Å². The van der Waals surface area contributed by atoms with Gasteiger partial charge in [0.05, 0.1) is 4.90 Å². The van der Waals surface area contributed by atoms with Crippen LogP contribution in [0.5, 0.6) is 0 Å². The average molecular weight is 373 g/mol. The number of nitrogens with one attached hydrogen (secondary N) is 1. The molecule has 26 heavy (non-hydrogen) atoms. The third-order valence-corrected chi connectivity index (χ3v) is 5.68. The van der Waals surface area contributed by atoms with Gasteiger partial charge in [-0.05, 0) is 24.6 Å². The van der Waals surface area contributed by atoms with Gasteiger partial charge in [0, 0.05) is 22.3 Å². The normalized spacial score (nSPS) is 14.5. The number of ketones is 2. The molecule has 0 aromatic heterocycles. The van der Waals surface area contributed by atoms with Crippen molar-refractivity contribution in [3.63, 3.8) is 0 Å². The number of carboxylic acids is 1. The van der Waals surface area contributed by atoms with Crippen molar-refractivity contribution in [3.05, 3.63) is 64.7 Å². The number of hydrogen-bond acceptors (Lipinski definition) is 5. The molecule has 1 unspecified atom stereocenters. The predicted molar refractivity (Wildman–Crippen MR) is 91.8 cm³/mol. The summed E-state index contributed by atoms with van der Waals surface area (Å²) in [6.45, 7) is 1.54. The van der Waals surface area contributed by atoms with Gasteiger partial charge < -0.3 is 5.11 Å². The highest BCUT2D eigenvalue weighted by Gasteiger charge is 2.31. The summed E-state index contributed by atoms with van der Waals surface area (Å²) < 4.78 is 27.0. The van der Waals surface area contributed by atoms with Gasteiger partial charge in [0.1, 0.15) is 6.04 Å². The van der Waals surface area contributed by atoms with Crippen molar-refractivity contribution in [1.29, 1.82) is 0 Å². The molecule has 3 rings (SSSR count).